The molecule has 0 spiro atoms. The van der Waals surface area contributed by atoms with Gasteiger partial charge in [0.25, 0.3) is 0 Å². The second-order valence-corrected chi connectivity index (χ2v) is 5.67. The second kappa shape index (κ2) is 6.52. The normalized spacial score (nSPS) is 25.7. The minimum Gasteiger partial charge on any atom is -0.480 e. The van der Waals surface area contributed by atoms with Gasteiger partial charge in [-0.1, -0.05) is 6.92 Å². The molecule has 0 unspecified atom stereocenters. The van der Waals surface area contributed by atoms with Gasteiger partial charge in [0, 0.05) is 18.5 Å². The van der Waals surface area contributed by atoms with Crippen LogP contribution in [0.15, 0.2) is 30.6 Å². The number of aromatic nitrogens is 1. The quantitative estimate of drug-likeness (QED) is 0.833. The van der Waals surface area contributed by atoms with Gasteiger partial charge in [0.15, 0.2) is 0 Å². The number of carbonyl (C=O) groups is 2. The molecule has 1 fully saturated rings. The average Bonchev–Trinajstić information content (AvgIpc) is 2.48. The Bertz CT molecular complexity index is 532. The van der Waals surface area contributed by atoms with Crippen LogP contribution in [0.25, 0.3) is 6.08 Å². The number of hydrogen-bond donors (Lipinski definition) is 2. The molecule has 1 heterocycles. The van der Waals surface area contributed by atoms with E-state index in [-0.39, 0.29) is 5.91 Å². The molecule has 1 amide bonds. The maximum Gasteiger partial charge on any atom is 0.329 e. The Hall–Kier alpha value is -2.17. The van der Waals surface area contributed by atoms with Gasteiger partial charge >= 0.3 is 5.97 Å². The molecule has 0 aromatic carbocycles. The molecule has 1 aromatic heterocycles. The maximum absolute atomic E-state index is 12.0. The van der Waals surface area contributed by atoms with E-state index in [4.69, 9.17) is 0 Å². The van der Waals surface area contributed by atoms with Gasteiger partial charge in [-0.25, -0.2) is 4.79 Å². The van der Waals surface area contributed by atoms with E-state index in [1.54, 1.807) is 30.6 Å². The SMILES string of the molecule is CC1CCC(NC(=O)C=Cc2ccncc2)(C(=O)O)CC1. The second-order valence-electron chi connectivity index (χ2n) is 5.67. The minimum atomic E-state index is -1.12. The highest BCUT2D eigenvalue weighted by atomic mass is 16.4. The number of amides is 1. The van der Waals surface area contributed by atoms with E-state index in [2.05, 4.69) is 17.2 Å². The van der Waals surface area contributed by atoms with Gasteiger partial charge in [-0.3, -0.25) is 9.78 Å². The summed E-state index contributed by atoms with van der Waals surface area (Å²) in [6.45, 7) is 2.11. The van der Waals surface area contributed by atoms with Crippen LogP contribution in [0.3, 0.4) is 0 Å². The van der Waals surface area contributed by atoms with Crippen LogP contribution >= 0.6 is 0 Å². The molecular weight excluding hydrogens is 268 g/mol. The van der Waals surface area contributed by atoms with E-state index in [1.807, 2.05) is 0 Å². The number of nitrogens with one attached hydrogen (secondary N) is 1. The molecule has 5 heteroatoms. The van der Waals surface area contributed by atoms with Crippen LogP contribution in [-0.2, 0) is 9.59 Å². The third kappa shape index (κ3) is 3.90. The van der Waals surface area contributed by atoms with Crippen LogP contribution < -0.4 is 5.32 Å². The Morgan fingerprint density at radius 1 is 1.33 bits per heavy atom. The molecule has 0 radical (unpaired) electrons. The maximum atomic E-state index is 12.0. The molecule has 1 aliphatic rings. The summed E-state index contributed by atoms with van der Waals surface area (Å²) in [5, 5.41) is 12.1. The van der Waals surface area contributed by atoms with Crippen LogP contribution in [0.2, 0.25) is 0 Å². The van der Waals surface area contributed by atoms with Crippen molar-refractivity contribution in [3.8, 4) is 0 Å². The first kappa shape index (κ1) is 15.2. The fourth-order valence-corrected chi connectivity index (χ4v) is 2.57. The summed E-state index contributed by atoms with van der Waals surface area (Å²) >= 11 is 0. The number of carbonyl (C=O) groups excluding carboxylic acids is 1. The van der Waals surface area contributed by atoms with Crippen molar-refractivity contribution in [1.29, 1.82) is 0 Å². The van der Waals surface area contributed by atoms with Crippen LogP contribution in [-0.4, -0.2) is 27.5 Å². The first-order valence-corrected chi connectivity index (χ1v) is 7.15. The molecule has 2 rings (SSSR count). The van der Waals surface area contributed by atoms with Gasteiger partial charge in [-0.2, -0.15) is 0 Å². The highest BCUT2D eigenvalue weighted by Crippen LogP contribution is 2.32. The number of hydrogen-bond acceptors (Lipinski definition) is 3. The zero-order chi connectivity index (χ0) is 15.3. The zero-order valence-electron chi connectivity index (χ0n) is 12.1. The monoisotopic (exact) mass is 288 g/mol. The van der Waals surface area contributed by atoms with E-state index < -0.39 is 11.5 Å². The van der Waals surface area contributed by atoms with E-state index in [1.165, 1.54) is 6.08 Å². The third-order valence-electron chi connectivity index (χ3n) is 4.03. The molecule has 0 saturated heterocycles. The molecule has 2 N–H and O–H groups in total. The van der Waals surface area contributed by atoms with Crippen LogP contribution in [0, 0.1) is 5.92 Å². The lowest BCUT2D eigenvalue weighted by atomic mass is 9.77. The Balaban J connectivity index is 2.02. The predicted octanol–water partition coefficient (Wildman–Crippen LogP) is 2.24. The van der Waals surface area contributed by atoms with Gasteiger partial charge < -0.3 is 10.4 Å². The number of carboxylic acids is 1. The number of carboxylic acid groups (broad SMARTS) is 1. The van der Waals surface area contributed by atoms with Gasteiger partial charge in [0.1, 0.15) is 5.54 Å². The lowest BCUT2D eigenvalue weighted by Crippen LogP contribution is -2.55. The number of nitrogens with zero attached hydrogens (tertiary/aromatic N) is 1. The first-order chi connectivity index (χ1) is 10.0. The van der Waals surface area contributed by atoms with Crippen molar-refractivity contribution < 1.29 is 14.7 Å². The predicted molar refractivity (Wildman–Crippen MR) is 79.4 cm³/mol. The Morgan fingerprint density at radius 2 is 1.95 bits per heavy atom. The molecule has 0 atom stereocenters. The molecule has 21 heavy (non-hydrogen) atoms. The van der Waals surface area contributed by atoms with E-state index in [0.29, 0.717) is 18.8 Å². The Morgan fingerprint density at radius 3 is 2.52 bits per heavy atom. The van der Waals surface area contributed by atoms with Gasteiger partial charge in [-0.15, -0.1) is 0 Å². The summed E-state index contributed by atoms with van der Waals surface area (Å²) < 4.78 is 0. The molecule has 1 aliphatic carbocycles. The Kier molecular flexibility index (Phi) is 4.73. The largest absolute Gasteiger partial charge is 0.480 e. The fourth-order valence-electron chi connectivity index (χ4n) is 2.57. The molecule has 112 valence electrons. The van der Waals surface area contributed by atoms with Crippen LogP contribution in [0.5, 0.6) is 0 Å². The smallest absolute Gasteiger partial charge is 0.329 e. The fraction of sp³-hybridized carbons (Fsp3) is 0.438. The number of rotatable bonds is 4. The summed E-state index contributed by atoms with van der Waals surface area (Å²) in [5.41, 5.74) is -0.270. The topological polar surface area (TPSA) is 79.3 Å². The van der Waals surface area contributed by atoms with Crippen molar-refractivity contribution >= 4 is 18.0 Å². The minimum absolute atomic E-state index is 0.372. The summed E-state index contributed by atoms with van der Waals surface area (Å²) in [5.74, 6) is -0.800. The van der Waals surface area contributed by atoms with Crippen molar-refractivity contribution in [3.63, 3.8) is 0 Å². The third-order valence-corrected chi connectivity index (χ3v) is 4.03. The molecule has 0 bridgehead atoms. The van der Waals surface area contributed by atoms with Crippen LogP contribution in [0.4, 0.5) is 0 Å². The van der Waals surface area contributed by atoms with Crippen molar-refractivity contribution in [2.24, 2.45) is 5.92 Å². The van der Waals surface area contributed by atoms with Crippen molar-refractivity contribution in [2.75, 3.05) is 0 Å². The lowest BCUT2D eigenvalue weighted by Gasteiger charge is -2.36. The average molecular weight is 288 g/mol. The van der Waals surface area contributed by atoms with E-state index in [0.717, 1.165) is 18.4 Å². The van der Waals surface area contributed by atoms with Crippen molar-refractivity contribution in [2.45, 2.75) is 38.1 Å². The number of aliphatic carboxylic acids is 1. The zero-order valence-corrected chi connectivity index (χ0v) is 12.1. The van der Waals surface area contributed by atoms with Crippen molar-refractivity contribution in [3.05, 3.63) is 36.2 Å². The Labute approximate surface area is 124 Å². The van der Waals surface area contributed by atoms with Crippen LogP contribution in [0.1, 0.15) is 38.2 Å². The summed E-state index contributed by atoms with van der Waals surface area (Å²) in [6.07, 6.45) is 8.91. The standard InChI is InChI=1S/C16H20N2O3/c1-12-4-8-16(9-5-12,15(20)21)18-14(19)3-2-13-6-10-17-11-7-13/h2-3,6-7,10-12H,4-5,8-9H2,1H3,(H,18,19)(H,20,21). The molecule has 1 saturated carbocycles. The van der Waals surface area contributed by atoms with Crippen molar-refractivity contribution in [1.82, 2.24) is 10.3 Å². The van der Waals surface area contributed by atoms with E-state index in [9.17, 15) is 14.7 Å². The number of pyridine rings is 1. The van der Waals surface area contributed by atoms with Gasteiger partial charge in [-0.05, 0) is 55.4 Å². The highest BCUT2D eigenvalue weighted by molar-refractivity contribution is 5.95. The first-order valence-electron chi connectivity index (χ1n) is 7.15. The summed E-state index contributed by atoms with van der Waals surface area (Å²) in [7, 11) is 0. The molecular formula is C16H20N2O3. The highest BCUT2D eigenvalue weighted by Gasteiger charge is 2.42. The van der Waals surface area contributed by atoms with Gasteiger partial charge in [0.05, 0.1) is 0 Å². The lowest BCUT2D eigenvalue weighted by molar-refractivity contribution is -0.149. The van der Waals surface area contributed by atoms with Gasteiger partial charge in [0.2, 0.25) is 5.91 Å². The summed E-state index contributed by atoms with van der Waals surface area (Å²) in [6, 6.07) is 3.55. The molecule has 1 aromatic rings. The summed E-state index contributed by atoms with van der Waals surface area (Å²) in [4.78, 5) is 27.4. The van der Waals surface area contributed by atoms with E-state index >= 15 is 0 Å². The molecule has 0 aliphatic heterocycles. The molecule has 5 nitrogen and oxygen atoms in total.